The van der Waals surface area contributed by atoms with Crippen LogP contribution in [0.15, 0.2) is 29.1 Å². The summed E-state index contributed by atoms with van der Waals surface area (Å²) in [5.41, 5.74) is 2.76. The van der Waals surface area contributed by atoms with E-state index in [4.69, 9.17) is 0 Å². The van der Waals surface area contributed by atoms with Crippen LogP contribution in [0.5, 0.6) is 0 Å². The van der Waals surface area contributed by atoms with E-state index < -0.39 is 0 Å². The molecule has 0 fully saturated rings. The van der Waals surface area contributed by atoms with E-state index in [9.17, 15) is 9.59 Å². The van der Waals surface area contributed by atoms with Crippen LogP contribution >= 0.6 is 0 Å². The average Bonchev–Trinajstić information content (AvgIpc) is 3.17. The third-order valence-electron chi connectivity index (χ3n) is 4.44. The first kappa shape index (κ1) is 17.0. The maximum Gasteiger partial charge on any atom is 0.326 e. The van der Waals surface area contributed by atoms with E-state index in [0.717, 1.165) is 24.1 Å². The maximum absolute atomic E-state index is 12.5. The van der Waals surface area contributed by atoms with Gasteiger partial charge in [-0.15, -0.1) is 0 Å². The normalized spacial score (nSPS) is 12.4. The van der Waals surface area contributed by atoms with Gasteiger partial charge in [0.2, 0.25) is 0 Å². The molecule has 3 N–H and O–H groups in total. The summed E-state index contributed by atoms with van der Waals surface area (Å²) >= 11 is 0. The quantitative estimate of drug-likeness (QED) is 0.642. The Balaban J connectivity index is 1.79. The number of nitrogens with zero attached hydrogens (tertiary/aromatic N) is 2. The van der Waals surface area contributed by atoms with Crippen LogP contribution in [0.25, 0.3) is 11.0 Å². The van der Waals surface area contributed by atoms with Crippen LogP contribution in [-0.2, 0) is 6.54 Å². The topological polar surface area (TPSA) is 95.6 Å². The molecule has 0 spiro atoms. The van der Waals surface area contributed by atoms with Crippen LogP contribution in [-0.4, -0.2) is 25.7 Å². The largest absolute Gasteiger partial charge is 0.326 e. The van der Waals surface area contributed by atoms with Gasteiger partial charge in [0.15, 0.2) is 5.82 Å². The lowest BCUT2D eigenvalue weighted by molar-refractivity contribution is 0.102. The molecule has 7 nitrogen and oxygen atoms in total. The molecule has 0 saturated heterocycles. The molecule has 1 aromatic carbocycles. The third kappa shape index (κ3) is 3.35. The van der Waals surface area contributed by atoms with Gasteiger partial charge in [-0.25, -0.2) is 4.79 Å². The van der Waals surface area contributed by atoms with Gasteiger partial charge in [0, 0.05) is 23.9 Å². The number of amides is 1. The van der Waals surface area contributed by atoms with Crippen LogP contribution < -0.4 is 11.0 Å². The summed E-state index contributed by atoms with van der Waals surface area (Å²) in [7, 11) is 0. The highest BCUT2D eigenvalue weighted by atomic mass is 16.2. The zero-order valence-corrected chi connectivity index (χ0v) is 14.7. The Morgan fingerprint density at radius 2 is 2.12 bits per heavy atom. The van der Waals surface area contributed by atoms with Crippen molar-refractivity contribution >= 4 is 22.8 Å². The number of carbonyl (C=O) groups excluding carboxylic acids is 1. The molecular weight excluding hydrogens is 318 g/mol. The van der Waals surface area contributed by atoms with E-state index >= 15 is 0 Å². The van der Waals surface area contributed by atoms with Gasteiger partial charge in [-0.05, 0) is 37.5 Å². The number of benzene rings is 1. The molecule has 2 aromatic heterocycles. The first-order valence-electron chi connectivity index (χ1n) is 8.62. The van der Waals surface area contributed by atoms with Crippen molar-refractivity contribution in [3.05, 3.63) is 46.0 Å². The van der Waals surface area contributed by atoms with Crippen LogP contribution in [0, 0.1) is 0 Å². The molecule has 1 atom stereocenters. The lowest BCUT2D eigenvalue weighted by Crippen LogP contribution is -2.14. The smallest absolute Gasteiger partial charge is 0.306 e. The lowest BCUT2D eigenvalue weighted by Gasteiger charge is -2.05. The van der Waals surface area contributed by atoms with Crippen molar-refractivity contribution in [3.63, 3.8) is 0 Å². The number of H-pyrrole nitrogens is 2. The molecule has 1 amide bonds. The summed E-state index contributed by atoms with van der Waals surface area (Å²) in [6.45, 7) is 6.76. The molecule has 132 valence electrons. The minimum atomic E-state index is -0.256. The zero-order chi connectivity index (χ0) is 18.0. The Bertz CT molecular complexity index is 950. The summed E-state index contributed by atoms with van der Waals surface area (Å²) in [6, 6.07) is 7.05. The van der Waals surface area contributed by atoms with Gasteiger partial charge < -0.3 is 10.3 Å². The summed E-state index contributed by atoms with van der Waals surface area (Å²) in [4.78, 5) is 27.1. The number of nitrogens with one attached hydrogen (secondary N) is 3. The third-order valence-corrected chi connectivity index (χ3v) is 4.44. The van der Waals surface area contributed by atoms with E-state index in [0.29, 0.717) is 29.4 Å². The Hall–Kier alpha value is -2.83. The Labute approximate surface area is 145 Å². The second-order valence-corrected chi connectivity index (χ2v) is 6.26. The van der Waals surface area contributed by atoms with E-state index in [-0.39, 0.29) is 11.6 Å². The van der Waals surface area contributed by atoms with Crippen LogP contribution in [0.3, 0.4) is 0 Å². The van der Waals surface area contributed by atoms with Gasteiger partial charge in [-0.1, -0.05) is 20.3 Å². The molecule has 25 heavy (non-hydrogen) atoms. The first-order chi connectivity index (χ1) is 12.0. The summed E-state index contributed by atoms with van der Waals surface area (Å²) < 4.78 is 1.63. The number of anilines is 1. The predicted molar refractivity (Wildman–Crippen MR) is 98.1 cm³/mol. The molecular formula is C18H23N5O2. The van der Waals surface area contributed by atoms with Crippen molar-refractivity contribution in [1.82, 2.24) is 19.7 Å². The molecule has 1 unspecified atom stereocenters. The van der Waals surface area contributed by atoms with Gasteiger partial charge in [0.1, 0.15) is 0 Å². The number of carbonyl (C=O) groups is 1. The number of aryl methyl sites for hydroxylation is 1. The summed E-state index contributed by atoms with van der Waals surface area (Å²) in [5, 5.41) is 9.94. The monoisotopic (exact) mass is 341 g/mol. The molecule has 0 aliphatic heterocycles. The van der Waals surface area contributed by atoms with Crippen LogP contribution in [0.1, 0.15) is 55.6 Å². The minimum absolute atomic E-state index is 0.170. The molecule has 0 aliphatic carbocycles. The average molecular weight is 341 g/mol. The first-order valence-corrected chi connectivity index (χ1v) is 8.62. The molecule has 3 rings (SSSR count). The van der Waals surface area contributed by atoms with Crippen LogP contribution in [0.2, 0.25) is 0 Å². The minimum Gasteiger partial charge on any atom is -0.306 e. The van der Waals surface area contributed by atoms with Gasteiger partial charge in [0.05, 0.1) is 11.0 Å². The predicted octanol–water partition coefficient (Wildman–Crippen LogP) is 3.23. The lowest BCUT2D eigenvalue weighted by atomic mass is 10.0. The fraction of sp³-hybridized carbons (Fsp3) is 0.389. The second kappa shape index (κ2) is 6.96. The standard InChI is InChI=1S/C18H23N5O2/c1-4-6-11(3)13-10-16(22-21-13)20-17(24)12-7-8-15-14(9-12)19-18(25)23(15)5-2/h7-11H,4-6H2,1-3H3,(H,19,25)(H2,20,21,22,24). The van der Waals surface area contributed by atoms with E-state index in [2.05, 4.69) is 34.3 Å². The molecule has 7 heteroatoms. The Kier molecular flexibility index (Phi) is 4.74. The second-order valence-electron chi connectivity index (χ2n) is 6.26. The SMILES string of the molecule is CCCC(C)c1cc(NC(=O)c2ccc3c(c2)[nH]c(=O)n3CC)n[nH]1. The van der Waals surface area contributed by atoms with Crippen molar-refractivity contribution in [2.75, 3.05) is 5.32 Å². The number of fused-ring (bicyclic) bond motifs is 1. The molecule has 0 saturated carbocycles. The number of hydrogen-bond acceptors (Lipinski definition) is 3. The van der Waals surface area contributed by atoms with Crippen molar-refractivity contribution in [3.8, 4) is 0 Å². The summed E-state index contributed by atoms with van der Waals surface area (Å²) in [5.74, 6) is 0.620. The number of aromatic nitrogens is 4. The zero-order valence-electron chi connectivity index (χ0n) is 14.7. The number of imidazole rings is 1. The Morgan fingerprint density at radius 3 is 2.84 bits per heavy atom. The summed E-state index contributed by atoms with van der Waals surface area (Å²) in [6.07, 6.45) is 2.16. The van der Waals surface area contributed by atoms with Gasteiger partial charge in [-0.2, -0.15) is 5.10 Å². The van der Waals surface area contributed by atoms with Gasteiger partial charge in [0.25, 0.3) is 5.91 Å². The van der Waals surface area contributed by atoms with Crippen LogP contribution in [0.4, 0.5) is 5.82 Å². The van der Waals surface area contributed by atoms with Crippen molar-refractivity contribution in [1.29, 1.82) is 0 Å². The van der Waals surface area contributed by atoms with E-state index in [1.165, 1.54) is 0 Å². The van der Waals surface area contributed by atoms with Crippen molar-refractivity contribution in [2.45, 2.75) is 46.1 Å². The molecule has 3 aromatic rings. The highest BCUT2D eigenvalue weighted by Gasteiger charge is 2.13. The van der Waals surface area contributed by atoms with Gasteiger partial charge >= 0.3 is 5.69 Å². The van der Waals surface area contributed by atoms with E-state index in [1.807, 2.05) is 13.0 Å². The molecule has 2 heterocycles. The van der Waals surface area contributed by atoms with Crippen molar-refractivity contribution < 1.29 is 4.79 Å². The highest BCUT2D eigenvalue weighted by Crippen LogP contribution is 2.21. The fourth-order valence-corrected chi connectivity index (χ4v) is 3.05. The molecule has 0 radical (unpaired) electrons. The number of hydrogen-bond donors (Lipinski definition) is 3. The van der Waals surface area contributed by atoms with Crippen molar-refractivity contribution in [2.24, 2.45) is 0 Å². The molecule has 0 aliphatic rings. The highest BCUT2D eigenvalue weighted by molar-refractivity contribution is 6.05. The van der Waals surface area contributed by atoms with Gasteiger partial charge in [-0.3, -0.25) is 14.5 Å². The maximum atomic E-state index is 12.5. The molecule has 0 bridgehead atoms. The fourth-order valence-electron chi connectivity index (χ4n) is 3.05. The van der Waals surface area contributed by atoms with E-state index in [1.54, 1.807) is 22.8 Å². The number of rotatable bonds is 6. The Morgan fingerprint density at radius 1 is 1.32 bits per heavy atom. The number of aromatic amines is 2.